The van der Waals surface area contributed by atoms with E-state index in [0.717, 1.165) is 4.90 Å². The zero-order valence-electron chi connectivity index (χ0n) is 16.0. The summed E-state index contributed by atoms with van der Waals surface area (Å²) in [6, 6.07) is 13.7. The highest BCUT2D eigenvalue weighted by Gasteiger charge is 2.58. The van der Waals surface area contributed by atoms with E-state index < -0.39 is 29.3 Å². The van der Waals surface area contributed by atoms with Gasteiger partial charge >= 0.3 is 5.97 Å². The molecule has 0 unspecified atom stereocenters. The number of esters is 1. The van der Waals surface area contributed by atoms with Crippen molar-refractivity contribution in [3.05, 3.63) is 54.1 Å². The first kappa shape index (κ1) is 20.0. The van der Waals surface area contributed by atoms with Crippen molar-refractivity contribution in [2.24, 2.45) is 0 Å². The monoisotopic (exact) mass is 426 g/mol. The van der Waals surface area contributed by atoms with E-state index in [1.807, 2.05) is 12.1 Å². The predicted molar refractivity (Wildman–Crippen MR) is 108 cm³/mol. The molecular formula is C21H18N2O6S. The molecule has 2 aromatic carbocycles. The molecule has 0 saturated carbocycles. The van der Waals surface area contributed by atoms with E-state index in [1.165, 1.54) is 29.8 Å². The number of nitrogens with zero attached hydrogens (tertiary/aromatic N) is 1. The topological polar surface area (TPSA) is 102 Å². The number of carbonyl (C=O) groups excluding carboxylic acids is 4. The van der Waals surface area contributed by atoms with Gasteiger partial charge in [-0.2, -0.15) is 0 Å². The lowest BCUT2D eigenvalue weighted by Crippen LogP contribution is -2.48. The minimum atomic E-state index is -1.21. The van der Waals surface area contributed by atoms with Crippen LogP contribution >= 0.6 is 11.8 Å². The fraction of sp³-hybridized carbons (Fsp3) is 0.238. The Kier molecular flexibility index (Phi) is 5.21. The minimum absolute atomic E-state index is 0.166. The summed E-state index contributed by atoms with van der Waals surface area (Å²) in [5.41, 5.74) is 0.852. The quantitative estimate of drug-likeness (QED) is 0.731. The number of hydrogen-bond donors (Lipinski definition) is 1. The first-order valence-corrected chi connectivity index (χ1v) is 10.0. The largest absolute Gasteiger partial charge is 0.496 e. The average molecular weight is 426 g/mol. The third-order valence-corrected chi connectivity index (χ3v) is 6.39. The van der Waals surface area contributed by atoms with Crippen LogP contribution in [0.15, 0.2) is 53.4 Å². The smallest absolute Gasteiger partial charge is 0.344 e. The number of methoxy groups -OCH3 is 1. The molecule has 0 radical (unpaired) electrons. The number of fused-ring (bicyclic) bond motifs is 3. The van der Waals surface area contributed by atoms with Gasteiger partial charge in [0.15, 0.2) is 11.5 Å². The predicted octanol–water partition coefficient (Wildman–Crippen LogP) is 2.12. The highest BCUT2D eigenvalue weighted by molar-refractivity contribution is 8.02. The summed E-state index contributed by atoms with van der Waals surface area (Å²) >= 11 is 1.25. The molecule has 2 heterocycles. The normalized spacial score (nSPS) is 19.1. The van der Waals surface area contributed by atoms with Gasteiger partial charge in [-0.25, -0.2) is 4.79 Å². The Hall–Kier alpha value is -3.33. The maximum Gasteiger partial charge on any atom is 0.344 e. The van der Waals surface area contributed by atoms with E-state index in [9.17, 15) is 19.2 Å². The fourth-order valence-corrected chi connectivity index (χ4v) is 4.99. The van der Waals surface area contributed by atoms with Gasteiger partial charge in [-0.15, -0.1) is 0 Å². The molecule has 0 aromatic heterocycles. The second-order valence-electron chi connectivity index (χ2n) is 6.74. The van der Waals surface area contributed by atoms with Gasteiger partial charge in [-0.1, -0.05) is 36.0 Å². The van der Waals surface area contributed by atoms with Crippen molar-refractivity contribution in [1.82, 2.24) is 5.32 Å². The molecule has 154 valence electrons. The van der Waals surface area contributed by atoms with Crippen molar-refractivity contribution in [3.8, 4) is 5.75 Å². The molecule has 9 heteroatoms. The number of nitrogens with one attached hydrogen (secondary N) is 1. The van der Waals surface area contributed by atoms with Gasteiger partial charge in [0.25, 0.3) is 11.8 Å². The first-order chi connectivity index (χ1) is 14.5. The molecule has 1 atom stereocenters. The van der Waals surface area contributed by atoms with Gasteiger partial charge in [0.2, 0.25) is 5.91 Å². The number of thioether (sulfide) groups is 1. The van der Waals surface area contributed by atoms with E-state index in [4.69, 9.17) is 9.47 Å². The molecule has 1 N–H and O–H groups in total. The molecule has 2 aromatic rings. The highest BCUT2D eigenvalue weighted by atomic mass is 32.2. The van der Waals surface area contributed by atoms with Crippen LogP contribution in [0.3, 0.4) is 0 Å². The number of anilines is 1. The molecule has 1 fully saturated rings. The SMILES string of the molecule is COc1ccccc1C(=O)NC(=O)COC(=O)[C@@]12CCC(=O)N1c1ccccc1S2. The first-order valence-electron chi connectivity index (χ1n) is 9.22. The minimum Gasteiger partial charge on any atom is -0.496 e. The third-order valence-electron chi connectivity index (χ3n) is 4.93. The summed E-state index contributed by atoms with van der Waals surface area (Å²) in [6.45, 7) is -0.638. The van der Waals surface area contributed by atoms with Gasteiger partial charge < -0.3 is 9.47 Å². The number of ether oxygens (including phenoxy) is 2. The van der Waals surface area contributed by atoms with E-state index in [-0.39, 0.29) is 24.3 Å². The second kappa shape index (κ2) is 7.83. The average Bonchev–Trinajstić information content (AvgIpc) is 3.27. The molecule has 2 aliphatic heterocycles. The molecule has 4 rings (SSSR count). The van der Waals surface area contributed by atoms with Crippen molar-refractivity contribution in [1.29, 1.82) is 0 Å². The molecule has 1 saturated heterocycles. The number of rotatable bonds is 5. The van der Waals surface area contributed by atoms with Crippen LogP contribution in [0.25, 0.3) is 0 Å². The Morgan fingerprint density at radius 3 is 2.67 bits per heavy atom. The van der Waals surface area contributed by atoms with Crippen LogP contribution in [-0.4, -0.2) is 42.3 Å². The lowest BCUT2D eigenvalue weighted by atomic mass is 10.2. The number of amides is 3. The fourth-order valence-electron chi connectivity index (χ4n) is 3.58. The van der Waals surface area contributed by atoms with Gasteiger partial charge in [0, 0.05) is 17.7 Å². The summed E-state index contributed by atoms with van der Waals surface area (Å²) in [6.07, 6.45) is 0.501. The second-order valence-corrected chi connectivity index (χ2v) is 8.06. The van der Waals surface area contributed by atoms with Crippen molar-refractivity contribution in [2.75, 3.05) is 18.6 Å². The van der Waals surface area contributed by atoms with Crippen molar-refractivity contribution in [2.45, 2.75) is 22.6 Å². The van der Waals surface area contributed by atoms with Crippen LogP contribution in [-0.2, 0) is 19.1 Å². The maximum absolute atomic E-state index is 12.9. The lowest BCUT2D eigenvalue weighted by molar-refractivity contribution is -0.150. The molecule has 2 aliphatic rings. The summed E-state index contributed by atoms with van der Waals surface area (Å²) in [5, 5.41) is 2.18. The molecule has 3 amide bonds. The summed E-state index contributed by atoms with van der Waals surface area (Å²) in [5.74, 6) is -1.97. The van der Waals surface area contributed by atoms with Crippen LogP contribution in [0.4, 0.5) is 5.69 Å². The Bertz CT molecular complexity index is 1060. The summed E-state index contributed by atoms with van der Waals surface area (Å²) in [4.78, 5) is 50.8. The number of para-hydroxylation sites is 2. The van der Waals surface area contributed by atoms with Crippen LogP contribution in [0.5, 0.6) is 5.75 Å². The van der Waals surface area contributed by atoms with Crippen molar-refractivity contribution >= 4 is 41.1 Å². The van der Waals surface area contributed by atoms with E-state index in [2.05, 4.69) is 5.32 Å². The zero-order chi connectivity index (χ0) is 21.3. The van der Waals surface area contributed by atoms with Gasteiger partial charge in [-0.05, 0) is 24.3 Å². The third kappa shape index (κ3) is 3.30. The Morgan fingerprint density at radius 2 is 1.87 bits per heavy atom. The number of benzene rings is 2. The van der Waals surface area contributed by atoms with E-state index in [0.29, 0.717) is 11.4 Å². The van der Waals surface area contributed by atoms with Crippen LogP contribution in [0.2, 0.25) is 0 Å². The lowest BCUT2D eigenvalue weighted by Gasteiger charge is -2.28. The van der Waals surface area contributed by atoms with Crippen molar-refractivity contribution < 1.29 is 28.7 Å². The number of carbonyl (C=O) groups is 4. The van der Waals surface area contributed by atoms with Crippen molar-refractivity contribution in [3.63, 3.8) is 0 Å². The van der Waals surface area contributed by atoms with Gasteiger partial charge in [-0.3, -0.25) is 24.6 Å². The maximum atomic E-state index is 12.9. The van der Waals surface area contributed by atoms with Gasteiger partial charge in [0.1, 0.15) is 5.75 Å². The molecule has 30 heavy (non-hydrogen) atoms. The standard InChI is InChI=1S/C21H18N2O6S/c1-28-15-8-4-2-6-13(15)19(26)22-17(24)12-29-20(27)21-11-10-18(25)23(21)14-7-3-5-9-16(14)30-21/h2-9H,10-12H2,1H3,(H,22,24,26)/t21-/m0/s1. The van der Waals surface area contributed by atoms with Crippen LogP contribution in [0, 0.1) is 0 Å². The van der Waals surface area contributed by atoms with Crippen LogP contribution < -0.4 is 15.0 Å². The molecule has 8 nitrogen and oxygen atoms in total. The molecular weight excluding hydrogens is 408 g/mol. The summed E-state index contributed by atoms with van der Waals surface area (Å²) in [7, 11) is 1.42. The Labute approximate surface area is 176 Å². The van der Waals surface area contributed by atoms with Gasteiger partial charge in [0.05, 0.1) is 18.4 Å². The van der Waals surface area contributed by atoms with E-state index in [1.54, 1.807) is 30.3 Å². The van der Waals surface area contributed by atoms with Crippen LogP contribution in [0.1, 0.15) is 23.2 Å². The Balaban J connectivity index is 1.42. The number of imide groups is 1. The number of hydrogen-bond acceptors (Lipinski definition) is 7. The highest BCUT2D eigenvalue weighted by Crippen LogP contribution is 2.56. The Morgan fingerprint density at radius 1 is 1.13 bits per heavy atom. The summed E-state index contributed by atoms with van der Waals surface area (Å²) < 4.78 is 10.3. The molecule has 0 bridgehead atoms. The zero-order valence-corrected chi connectivity index (χ0v) is 16.9. The molecule has 0 aliphatic carbocycles. The van der Waals surface area contributed by atoms with E-state index >= 15 is 0 Å². The molecule has 0 spiro atoms.